The zero-order chi connectivity index (χ0) is 17.1. The smallest absolute Gasteiger partial charge is 0.125 e. The summed E-state index contributed by atoms with van der Waals surface area (Å²) in [5.41, 5.74) is 2.57. The van der Waals surface area contributed by atoms with E-state index >= 15 is 0 Å². The number of methoxy groups -OCH3 is 1. The fourth-order valence-electron chi connectivity index (χ4n) is 3.16. The van der Waals surface area contributed by atoms with Gasteiger partial charge in [-0.3, -0.25) is 4.98 Å². The molecule has 0 radical (unpaired) electrons. The average molecular weight is 340 g/mol. The molecule has 0 bridgehead atoms. The molecule has 126 valence electrons. The summed E-state index contributed by atoms with van der Waals surface area (Å²) >= 11 is 1.91. The number of nitrogens with zero attached hydrogens (tertiary/aromatic N) is 2. The summed E-state index contributed by atoms with van der Waals surface area (Å²) in [6.45, 7) is 3.31. The fraction of sp³-hybridized carbons (Fsp3) is 0.350. The summed E-state index contributed by atoms with van der Waals surface area (Å²) in [6, 6.07) is 10.6. The highest BCUT2D eigenvalue weighted by atomic mass is 32.1. The molecular formula is C20H24N2OS. The molecule has 0 saturated heterocycles. The number of likely N-dealkylation sites (N-methyl/N-ethyl adjacent to an activating group) is 1. The predicted octanol–water partition coefficient (Wildman–Crippen LogP) is 4.56. The number of hydrogen-bond acceptors (Lipinski definition) is 4. The summed E-state index contributed by atoms with van der Waals surface area (Å²) in [7, 11) is 5.98. The van der Waals surface area contributed by atoms with Crippen molar-refractivity contribution in [3.63, 3.8) is 0 Å². The Morgan fingerprint density at radius 3 is 2.75 bits per heavy atom. The Morgan fingerprint density at radius 2 is 2.00 bits per heavy atom. The quantitative estimate of drug-likeness (QED) is 0.658. The van der Waals surface area contributed by atoms with Crippen LogP contribution in [0.1, 0.15) is 28.8 Å². The van der Waals surface area contributed by atoms with Crippen LogP contribution >= 0.6 is 11.3 Å². The first kappa shape index (κ1) is 16.9. The number of ether oxygens (including phenoxy) is 1. The Morgan fingerprint density at radius 1 is 1.21 bits per heavy atom. The second-order valence-corrected chi connectivity index (χ2v) is 7.46. The molecule has 3 rings (SSSR count). The normalized spacial score (nSPS) is 12.7. The highest BCUT2D eigenvalue weighted by Crippen LogP contribution is 2.41. The highest BCUT2D eigenvalue weighted by molar-refractivity contribution is 7.19. The maximum atomic E-state index is 5.57. The topological polar surface area (TPSA) is 25.4 Å². The van der Waals surface area contributed by atoms with Gasteiger partial charge in [0.2, 0.25) is 0 Å². The Labute approximate surface area is 147 Å². The minimum Gasteiger partial charge on any atom is -0.496 e. The third kappa shape index (κ3) is 3.30. The first-order valence-corrected chi connectivity index (χ1v) is 9.06. The number of fused-ring (bicyclic) bond motifs is 1. The largest absolute Gasteiger partial charge is 0.496 e. The minimum absolute atomic E-state index is 0.252. The van der Waals surface area contributed by atoms with Crippen LogP contribution in [0, 0.1) is 0 Å². The third-order valence-corrected chi connectivity index (χ3v) is 5.67. The lowest BCUT2D eigenvalue weighted by Gasteiger charge is -2.18. The Balaban J connectivity index is 2.10. The summed E-state index contributed by atoms with van der Waals surface area (Å²) in [5.74, 6) is 1.16. The molecule has 0 amide bonds. The van der Waals surface area contributed by atoms with E-state index in [4.69, 9.17) is 4.74 Å². The Kier molecular flexibility index (Phi) is 5.17. The van der Waals surface area contributed by atoms with E-state index in [-0.39, 0.29) is 5.92 Å². The number of benzene rings is 1. The molecule has 0 N–H and O–H groups in total. The van der Waals surface area contributed by atoms with Gasteiger partial charge in [-0.25, -0.2) is 0 Å². The van der Waals surface area contributed by atoms with Crippen molar-refractivity contribution in [1.29, 1.82) is 0 Å². The van der Waals surface area contributed by atoms with Crippen LogP contribution in [0.5, 0.6) is 5.75 Å². The third-order valence-electron chi connectivity index (χ3n) is 4.43. The molecular weight excluding hydrogens is 316 g/mol. The molecule has 0 saturated carbocycles. The maximum absolute atomic E-state index is 5.57. The maximum Gasteiger partial charge on any atom is 0.125 e. The standard InChI is InChI=1S/C20H24N2OS/c1-14(16-13-21-11-9-17(16)23-4)20-15-7-5-6-8-18(15)24-19(20)10-12-22(2)3/h5-9,11,13-14H,10,12H2,1-4H3. The van der Waals surface area contributed by atoms with E-state index in [9.17, 15) is 0 Å². The lowest BCUT2D eigenvalue weighted by Crippen LogP contribution is -2.15. The van der Waals surface area contributed by atoms with Gasteiger partial charge in [0.05, 0.1) is 7.11 Å². The van der Waals surface area contributed by atoms with E-state index in [1.165, 1.54) is 20.5 Å². The number of pyridine rings is 1. The van der Waals surface area contributed by atoms with Crippen LogP contribution in [0.4, 0.5) is 0 Å². The van der Waals surface area contributed by atoms with Gasteiger partial charge in [0, 0.05) is 40.0 Å². The summed E-state index contributed by atoms with van der Waals surface area (Å²) in [6.07, 6.45) is 4.79. The van der Waals surface area contributed by atoms with Crippen LogP contribution in [-0.4, -0.2) is 37.6 Å². The first-order chi connectivity index (χ1) is 11.6. The lowest BCUT2D eigenvalue weighted by atomic mass is 9.90. The van der Waals surface area contributed by atoms with Crippen molar-refractivity contribution >= 4 is 21.4 Å². The van der Waals surface area contributed by atoms with Crippen LogP contribution in [0.2, 0.25) is 0 Å². The van der Waals surface area contributed by atoms with Gasteiger partial charge in [-0.1, -0.05) is 25.1 Å². The predicted molar refractivity (Wildman–Crippen MR) is 102 cm³/mol. The van der Waals surface area contributed by atoms with Gasteiger partial charge in [0.15, 0.2) is 0 Å². The van der Waals surface area contributed by atoms with Gasteiger partial charge in [-0.05, 0) is 43.6 Å². The second-order valence-electron chi connectivity index (χ2n) is 6.33. The van der Waals surface area contributed by atoms with Crippen molar-refractivity contribution in [1.82, 2.24) is 9.88 Å². The summed E-state index contributed by atoms with van der Waals surface area (Å²) in [5, 5.41) is 1.36. The molecule has 0 spiro atoms. The Bertz CT molecular complexity index is 825. The molecule has 2 aromatic heterocycles. The first-order valence-electron chi connectivity index (χ1n) is 8.24. The van der Waals surface area contributed by atoms with Crippen molar-refractivity contribution < 1.29 is 4.74 Å². The van der Waals surface area contributed by atoms with Crippen molar-refractivity contribution in [2.24, 2.45) is 0 Å². The van der Waals surface area contributed by atoms with Crippen molar-refractivity contribution in [2.45, 2.75) is 19.3 Å². The van der Waals surface area contributed by atoms with E-state index in [1.807, 2.05) is 23.6 Å². The van der Waals surface area contributed by atoms with Gasteiger partial charge >= 0.3 is 0 Å². The number of rotatable bonds is 6. The number of thiophene rings is 1. The van der Waals surface area contributed by atoms with Crippen molar-refractivity contribution in [2.75, 3.05) is 27.7 Å². The summed E-state index contributed by atoms with van der Waals surface area (Å²) < 4.78 is 6.93. The molecule has 0 aliphatic rings. The molecule has 2 heterocycles. The van der Waals surface area contributed by atoms with Crippen LogP contribution in [0.25, 0.3) is 10.1 Å². The average Bonchev–Trinajstić information content (AvgIpc) is 2.97. The van der Waals surface area contributed by atoms with Gasteiger partial charge in [-0.15, -0.1) is 11.3 Å². The van der Waals surface area contributed by atoms with Gasteiger partial charge in [0.1, 0.15) is 5.75 Å². The van der Waals surface area contributed by atoms with Crippen molar-refractivity contribution in [3.05, 3.63) is 58.7 Å². The van der Waals surface area contributed by atoms with Crippen LogP contribution in [0.15, 0.2) is 42.7 Å². The highest BCUT2D eigenvalue weighted by Gasteiger charge is 2.21. The lowest BCUT2D eigenvalue weighted by molar-refractivity contribution is 0.407. The SMILES string of the molecule is COc1ccncc1C(C)c1c(CCN(C)C)sc2ccccc12. The van der Waals surface area contributed by atoms with E-state index in [2.05, 4.69) is 55.2 Å². The second kappa shape index (κ2) is 7.32. The zero-order valence-corrected chi connectivity index (χ0v) is 15.6. The molecule has 1 atom stereocenters. The molecule has 0 fully saturated rings. The number of aromatic nitrogens is 1. The molecule has 0 aliphatic heterocycles. The molecule has 3 aromatic rings. The van der Waals surface area contributed by atoms with Gasteiger partial charge in [-0.2, -0.15) is 0 Å². The van der Waals surface area contributed by atoms with Crippen LogP contribution in [-0.2, 0) is 6.42 Å². The van der Waals surface area contributed by atoms with Crippen LogP contribution in [0.3, 0.4) is 0 Å². The molecule has 1 aromatic carbocycles. The van der Waals surface area contributed by atoms with Crippen molar-refractivity contribution in [3.8, 4) is 5.75 Å². The monoisotopic (exact) mass is 340 g/mol. The van der Waals surface area contributed by atoms with Gasteiger partial charge in [0.25, 0.3) is 0 Å². The minimum atomic E-state index is 0.252. The fourth-order valence-corrected chi connectivity index (χ4v) is 4.45. The van der Waals surface area contributed by atoms with Gasteiger partial charge < -0.3 is 9.64 Å². The molecule has 1 unspecified atom stereocenters. The van der Waals surface area contributed by atoms with Crippen LogP contribution < -0.4 is 4.74 Å². The van der Waals surface area contributed by atoms with E-state index < -0.39 is 0 Å². The molecule has 3 nitrogen and oxygen atoms in total. The zero-order valence-electron chi connectivity index (χ0n) is 14.7. The molecule has 24 heavy (non-hydrogen) atoms. The Hall–Kier alpha value is -1.91. The van der Waals surface area contributed by atoms with E-state index in [0.717, 1.165) is 24.3 Å². The number of hydrogen-bond donors (Lipinski definition) is 0. The summed E-state index contributed by atoms with van der Waals surface area (Å²) in [4.78, 5) is 8.02. The molecule has 4 heteroatoms. The van der Waals surface area contributed by atoms with E-state index in [1.54, 1.807) is 13.3 Å². The molecule has 0 aliphatic carbocycles. The van der Waals surface area contributed by atoms with E-state index in [0.29, 0.717) is 0 Å².